The molecular formula is C24H20BrN3O4S. The average molecular weight is 526 g/mol. The molecule has 2 N–H and O–H groups in total. The number of para-hydroxylation sites is 2. The van der Waals surface area contributed by atoms with Crippen LogP contribution in [0.4, 0.5) is 11.4 Å². The Morgan fingerprint density at radius 2 is 1.45 bits per heavy atom. The minimum absolute atomic E-state index is 0.103. The summed E-state index contributed by atoms with van der Waals surface area (Å²) in [4.78, 5) is 40.6. The summed E-state index contributed by atoms with van der Waals surface area (Å²) < 4.78 is 5.92. The van der Waals surface area contributed by atoms with Crippen molar-refractivity contribution in [3.8, 4) is 0 Å². The standard InChI is InChI=1S/C24H20BrN3O4S/c25-17-11-9-16(10-12-17)24(31)27-26-22(29)15-32-23(30)13-14-28-18-5-1-3-7-20(18)33-21-8-4-2-6-19(21)28/h1-12H,13-15H2,(H,26,29)(H,27,31). The summed E-state index contributed by atoms with van der Waals surface area (Å²) >= 11 is 4.98. The Morgan fingerprint density at radius 1 is 0.848 bits per heavy atom. The highest BCUT2D eigenvalue weighted by molar-refractivity contribution is 9.10. The van der Waals surface area contributed by atoms with Crippen molar-refractivity contribution >= 4 is 56.9 Å². The third kappa shape index (κ3) is 5.74. The van der Waals surface area contributed by atoms with E-state index in [1.165, 1.54) is 0 Å². The van der Waals surface area contributed by atoms with Gasteiger partial charge in [-0.05, 0) is 48.5 Å². The number of amides is 2. The number of rotatable bonds is 6. The van der Waals surface area contributed by atoms with Crippen LogP contribution < -0.4 is 15.8 Å². The van der Waals surface area contributed by atoms with Gasteiger partial charge in [0.25, 0.3) is 11.8 Å². The van der Waals surface area contributed by atoms with Gasteiger partial charge in [0, 0.05) is 26.4 Å². The van der Waals surface area contributed by atoms with Crippen LogP contribution in [-0.4, -0.2) is 30.9 Å². The maximum atomic E-state index is 12.3. The number of halogens is 1. The lowest BCUT2D eigenvalue weighted by Crippen LogP contribution is -2.43. The van der Waals surface area contributed by atoms with Crippen LogP contribution >= 0.6 is 27.7 Å². The number of hydrogen-bond donors (Lipinski definition) is 2. The second kappa shape index (κ2) is 10.5. The lowest BCUT2D eigenvalue weighted by atomic mass is 10.2. The summed E-state index contributed by atoms with van der Waals surface area (Å²) in [6, 6.07) is 22.7. The zero-order valence-electron chi connectivity index (χ0n) is 17.4. The molecule has 0 aliphatic carbocycles. The average Bonchev–Trinajstić information content (AvgIpc) is 2.84. The summed E-state index contributed by atoms with van der Waals surface area (Å²) in [5.74, 6) is -1.60. The molecule has 0 saturated carbocycles. The zero-order chi connectivity index (χ0) is 23.2. The predicted octanol–water partition coefficient (Wildman–Crippen LogP) is 4.45. The number of hydrazine groups is 1. The first-order valence-electron chi connectivity index (χ1n) is 10.1. The summed E-state index contributed by atoms with van der Waals surface area (Å²) in [5, 5.41) is 0. The number of nitrogens with one attached hydrogen (secondary N) is 2. The summed E-state index contributed by atoms with van der Waals surface area (Å²) in [7, 11) is 0. The van der Waals surface area contributed by atoms with Crippen LogP contribution in [0.3, 0.4) is 0 Å². The van der Waals surface area contributed by atoms with Gasteiger partial charge in [0.15, 0.2) is 6.61 Å². The van der Waals surface area contributed by atoms with Crippen molar-refractivity contribution in [3.05, 3.63) is 82.8 Å². The van der Waals surface area contributed by atoms with Crippen LogP contribution in [0.1, 0.15) is 16.8 Å². The SMILES string of the molecule is O=C(COC(=O)CCN1c2ccccc2Sc2ccccc21)NNC(=O)c1ccc(Br)cc1. The quantitative estimate of drug-likeness (QED) is 0.365. The van der Waals surface area contributed by atoms with E-state index < -0.39 is 24.4 Å². The number of ether oxygens (including phenoxy) is 1. The van der Waals surface area contributed by atoms with Gasteiger partial charge < -0.3 is 9.64 Å². The predicted molar refractivity (Wildman–Crippen MR) is 129 cm³/mol. The number of esters is 1. The number of anilines is 2. The van der Waals surface area contributed by atoms with Crippen molar-refractivity contribution in [2.75, 3.05) is 18.1 Å². The molecular weight excluding hydrogens is 506 g/mol. The zero-order valence-corrected chi connectivity index (χ0v) is 19.8. The maximum absolute atomic E-state index is 12.3. The first-order valence-corrected chi connectivity index (χ1v) is 11.8. The Kier molecular flexibility index (Phi) is 7.31. The number of benzene rings is 3. The number of nitrogens with zero attached hydrogens (tertiary/aromatic N) is 1. The third-order valence-corrected chi connectivity index (χ3v) is 6.52. The van der Waals surface area contributed by atoms with E-state index in [0.717, 1.165) is 25.6 Å². The fraction of sp³-hybridized carbons (Fsp3) is 0.125. The van der Waals surface area contributed by atoms with Gasteiger partial charge in [-0.15, -0.1) is 0 Å². The van der Waals surface area contributed by atoms with Crippen molar-refractivity contribution in [1.29, 1.82) is 0 Å². The largest absolute Gasteiger partial charge is 0.455 e. The van der Waals surface area contributed by atoms with Crippen LogP contribution in [0, 0.1) is 0 Å². The molecule has 2 amide bonds. The van der Waals surface area contributed by atoms with Gasteiger partial charge in [0.05, 0.1) is 17.8 Å². The van der Waals surface area contributed by atoms with E-state index in [1.807, 2.05) is 48.5 Å². The van der Waals surface area contributed by atoms with Gasteiger partial charge in [0.1, 0.15) is 0 Å². The Balaban J connectivity index is 1.26. The highest BCUT2D eigenvalue weighted by Gasteiger charge is 2.23. The van der Waals surface area contributed by atoms with Gasteiger partial charge in [-0.1, -0.05) is 52.0 Å². The Labute approximate surface area is 203 Å². The molecule has 3 aromatic rings. The minimum atomic E-state index is -0.626. The van der Waals surface area contributed by atoms with E-state index in [2.05, 4.69) is 31.7 Å². The molecule has 3 aromatic carbocycles. The van der Waals surface area contributed by atoms with Crippen molar-refractivity contribution < 1.29 is 19.1 Å². The Morgan fingerprint density at radius 3 is 2.09 bits per heavy atom. The molecule has 4 rings (SSSR count). The van der Waals surface area contributed by atoms with Crippen LogP contribution in [0.2, 0.25) is 0 Å². The molecule has 0 fully saturated rings. The third-order valence-electron chi connectivity index (χ3n) is 4.86. The van der Waals surface area contributed by atoms with E-state index in [1.54, 1.807) is 36.0 Å². The number of fused-ring (bicyclic) bond motifs is 2. The second-order valence-electron chi connectivity index (χ2n) is 7.11. The fourth-order valence-corrected chi connectivity index (χ4v) is 4.64. The topological polar surface area (TPSA) is 87.7 Å². The summed E-state index contributed by atoms with van der Waals surface area (Å²) in [5.41, 5.74) is 6.98. The highest BCUT2D eigenvalue weighted by atomic mass is 79.9. The first-order chi connectivity index (χ1) is 16.0. The number of hydrogen-bond acceptors (Lipinski definition) is 6. The molecule has 9 heteroatoms. The highest BCUT2D eigenvalue weighted by Crippen LogP contribution is 2.47. The summed E-state index contributed by atoms with van der Waals surface area (Å²) in [6.07, 6.45) is 0.103. The van der Waals surface area contributed by atoms with Crippen LogP contribution in [0.25, 0.3) is 0 Å². The molecule has 0 bridgehead atoms. The van der Waals surface area contributed by atoms with E-state index in [9.17, 15) is 14.4 Å². The normalized spacial score (nSPS) is 11.7. The lowest BCUT2D eigenvalue weighted by molar-refractivity contribution is -0.148. The van der Waals surface area contributed by atoms with Crippen molar-refractivity contribution in [2.24, 2.45) is 0 Å². The number of carbonyl (C=O) groups excluding carboxylic acids is 3. The van der Waals surface area contributed by atoms with Crippen molar-refractivity contribution in [1.82, 2.24) is 10.9 Å². The molecule has 0 saturated heterocycles. The van der Waals surface area contributed by atoms with Gasteiger partial charge in [-0.25, -0.2) is 0 Å². The van der Waals surface area contributed by atoms with Crippen molar-refractivity contribution in [2.45, 2.75) is 16.2 Å². The van der Waals surface area contributed by atoms with E-state index in [4.69, 9.17) is 4.74 Å². The molecule has 1 aliphatic heterocycles. The molecule has 1 aliphatic rings. The van der Waals surface area contributed by atoms with Crippen LogP contribution in [0.5, 0.6) is 0 Å². The molecule has 0 spiro atoms. The smallest absolute Gasteiger partial charge is 0.308 e. The lowest BCUT2D eigenvalue weighted by Gasteiger charge is -2.32. The van der Waals surface area contributed by atoms with E-state index >= 15 is 0 Å². The minimum Gasteiger partial charge on any atom is -0.455 e. The second-order valence-corrected chi connectivity index (χ2v) is 9.11. The van der Waals surface area contributed by atoms with Gasteiger partial charge in [-0.2, -0.15) is 0 Å². The molecule has 0 aromatic heterocycles. The van der Waals surface area contributed by atoms with Gasteiger partial charge in [0.2, 0.25) is 0 Å². The van der Waals surface area contributed by atoms with E-state index in [-0.39, 0.29) is 6.42 Å². The number of carbonyl (C=O) groups is 3. The fourth-order valence-electron chi connectivity index (χ4n) is 3.28. The van der Waals surface area contributed by atoms with E-state index in [0.29, 0.717) is 12.1 Å². The van der Waals surface area contributed by atoms with Gasteiger partial charge >= 0.3 is 5.97 Å². The first kappa shape index (κ1) is 22.9. The molecule has 1 heterocycles. The monoisotopic (exact) mass is 525 g/mol. The molecule has 0 radical (unpaired) electrons. The molecule has 168 valence electrons. The molecule has 0 atom stereocenters. The van der Waals surface area contributed by atoms with Gasteiger partial charge in [-0.3, -0.25) is 25.2 Å². The molecule has 33 heavy (non-hydrogen) atoms. The maximum Gasteiger partial charge on any atom is 0.308 e. The molecule has 0 unspecified atom stereocenters. The summed E-state index contributed by atoms with van der Waals surface area (Å²) in [6.45, 7) is -0.0716. The Bertz CT molecular complexity index is 1140. The van der Waals surface area contributed by atoms with Crippen molar-refractivity contribution in [3.63, 3.8) is 0 Å². The van der Waals surface area contributed by atoms with Crippen LogP contribution in [-0.2, 0) is 14.3 Å². The molecule has 7 nitrogen and oxygen atoms in total. The van der Waals surface area contributed by atoms with Crippen LogP contribution in [0.15, 0.2) is 87.1 Å². The Hall–Kier alpha value is -3.30.